The second-order valence-corrected chi connectivity index (χ2v) is 6.63. The molecule has 1 saturated heterocycles. The van der Waals surface area contributed by atoms with Gasteiger partial charge in [-0.3, -0.25) is 0 Å². The van der Waals surface area contributed by atoms with Gasteiger partial charge in [-0.25, -0.2) is 12.8 Å². The molecule has 0 atom stereocenters. The molecule has 1 aromatic heterocycles. The first-order valence-electron chi connectivity index (χ1n) is 6.77. The van der Waals surface area contributed by atoms with Crippen LogP contribution in [0.4, 0.5) is 4.39 Å². The van der Waals surface area contributed by atoms with Crippen LogP contribution < -0.4 is 0 Å². The van der Waals surface area contributed by atoms with Gasteiger partial charge in [0.1, 0.15) is 11.9 Å². The molecule has 3 rings (SSSR count). The third kappa shape index (κ3) is 2.96. The summed E-state index contributed by atoms with van der Waals surface area (Å²) in [5.41, 5.74) is 0.0575. The van der Waals surface area contributed by atoms with Gasteiger partial charge in [-0.2, -0.15) is 14.6 Å². The number of hydrogen-bond donors (Lipinski definition) is 0. The van der Waals surface area contributed by atoms with Crippen molar-refractivity contribution in [3.05, 3.63) is 35.8 Å². The molecule has 7 nitrogen and oxygen atoms in total. The maximum Gasteiger partial charge on any atom is 0.279 e. The third-order valence-corrected chi connectivity index (χ3v) is 5.13. The highest BCUT2D eigenvalue weighted by molar-refractivity contribution is 7.89. The van der Waals surface area contributed by atoms with Gasteiger partial charge in [-0.1, -0.05) is 0 Å². The minimum Gasteiger partial charge on any atom is -0.422 e. The van der Waals surface area contributed by atoms with E-state index in [4.69, 9.17) is 14.4 Å². The molecule has 0 bridgehead atoms. The van der Waals surface area contributed by atoms with Gasteiger partial charge in [0.05, 0.1) is 13.2 Å². The summed E-state index contributed by atoms with van der Waals surface area (Å²) in [5, 5.41) is 8.65. The summed E-state index contributed by atoms with van der Waals surface area (Å²) in [6.45, 7) is 0.916. The fourth-order valence-corrected chi connectivity index (χ4v) is 3.56. The molecule has 23 heavy (non-hydrogen) atoms. The Morgan fingerprint density at radius 2 is 1.87 bits per heavy atom. The first kappa shape index (κ1) is 15.6. The lowest BCUT2D eigenvalue weighted by atomic mass is 10.2. The molecule has 1 aliphatic rings. The van der Waals surface area contributed by atoms with Gasteiger partial charge < -0.3 is 9.15 Å². The second-order valence-electron chi connectivity index (χ2n) is 4.79. The van der Waals surface area contributed by atoms with E-state index in [0.717, 1.165) is 0 Å². The van der Waals surface area contributed by atoms with Crippen LogP contribution in [0.3, 0.4) is 0 Å². The average Bonchev–Trinajstić information content (AvgIpc) is 3.01. The predicted molar refractivity (Wildman–Crippen MR) is 76.2 cm³/mol. The Labute approximate surface area is 132 Å². The lowest BCUT2D eigenvalue weighted by Gasteiger charge is -2.24. The Hall–Kier alpha value is -2.28. The standard InChI is InChI=1S/C14H12FN3O4S/c15-11-3-1-10(2-4-11)13-17-12(9-16)14(22-13)23(19,20)18-5-7-21-8-6-18/h1-4H,5-8H2. The molecular formula is C14H12FN3O4S. The largest absolute Gasteiger partial charge is 0.422 e. The Morgan fingerprint density at radius 1 is 1.22 bits per heavy atom. The molecule has 2 heterocycles. The third-order valence-electron chi connectivity index (χ3n) is 3.34. The number of halogens is 1. The van der Waals surface area contributed by atoms with Crippen molar-refractivity contribution in [2.24, 2.45) is 0 Å². The number of nitriles is 1. The number of aromatic nitrogens is 1. The van der Waals surface area contributed by atoms with Crippen molar-refractivity contribution < 1.29 is 22.0 Å². The Balaban J connectivity index is 2.02. The maximum atomic E-state index is 13.0. The van der Waals surface area contributed by atoms with E-state index in [1.54, 1.807) is 6.07 Å². The molecule has 1 aliphatic heterocycles. The Bertz CT molecular complexity index is 849. The molecule has 0 aliphatic carbocycles. The summed E-state index contributed by atoms with van der Waals surface area (Å²) < 4.78 is 49.8. The number of sulfonamides is 1. The van der Waals surface area contributed by atoms with Crippen LogP contribution in [0.5, 0.6) is 0 Å². The molecule has 1 aromatic carbocycles. The first-order chi connectivity index (χ1) is 11.0. The van der Waals surface area contributed by atoms with E-state index in [-0.39, 0.29) is 37.9 Å². The average molecular weight is 337 g/mol. The van der Waals surface area contributed by atoms with E-state index < -0.39 is 20.9 Å². The molecular weight excluding hydrogens is 325 g/mol. The Kier molecular flexibility index (Phi) is 4.12. The predicted octanol–water partition coefficient (Wildman–Crippen LogP) is 1.37. The topological polar surface area (TPSA) is 96.4 Å². The van der Waals surface area contributed by atoms with Crippen molar-refractivity contribution >= 4 is 10.0 Å². The van der Waals surface area contributed by atoms with Crippen LogP contribution in [0.15, 0.2) is 33.8 Å². The number of benzene rings is 1. The van der Waals surface area contributed by atoms with Crippen molar-refractivity contribution in [2.45, 2.75) is 5.09 Å². The number of oxazole rings is 1. The number of nitrogens with zero attached hydrogens (tertiary/aromatic N) is 3. The van der Waals surface area contributed by atoms with Gasteiger partial charge in [-0.15, -0.1) is 0 Å². The summed E-state index contributed by atoms with van der Waals surface area (Å²) in [6.07, 6.45) is 0. The molecule has 1 fully saturated rings. The summed E-state index contributed by atoms with van der Waals surface area (Å²) in [6, 6.07) is 6.91. The fourth-order valence-electron chi connectivity index (χ4n) is 2.17. The highest BCUT2D eigenvalue weighted by Crippen LogP contribution is 2.27. The van der Waals surface area contributed by atoms with Crippen molar-refractivity contribution in [1.29, 1.82) is 5.26 Å². The molecule has 0 radical (unpaired) electrons. The molecule has 0 unspecified atom stereocenters. The highest BCUT2D eigenvalue weighted by atomic mass is 32.2. The van der Waals surface area contributed by atoms with E-state index in [2.05, 4.69) is 4.98 Å². The zero-order valence-electron chi connectivity index (χ0n) is 11.9. The van der Waals surface area contributed by atoms with E-state index >= 15 is 0 Å². The minimum atomic E-state index is -3.97. The fraction of sp³-hybridized carbons (Fsp3) is 0.286. The normalized spacial score (nSPS) is 16.2. The monoisotopic (exact) mass is 337 g/mol. The van der Waals surface area contributed by atoms with Crippen molar-refractivity contribution in [3.63, 3.8) is 0 Å². The van der Waals surface area contributed by atoms with Gasteiger partial charge >= 0.3 is 0 Å². The van der Waals surface area contributed by atoms with Gasteiger partial charge in [0.15, 0.2) is 5.69 Å². The summed E-state index contributed by atoms with van der Waals surface area (Å²) >= 11 is 0. The first-order valence-corrected chi connectivity index (χ1v) is 8.21. The van der Waals surface area contributed by atoms with E-state index in [1.807, 2.05) is 0 Å². The van der Waals surface area contributed by atoms with Crippen molar-refractivity contribution in [1.82, 2.24) is 9.29 Å². The summed E-state index contributed by atoms with van der Waals surface area (Å²) in [7, 11) is -3.97. The number of rotatable bonds is 3. The molecule has 2 aromatic rings. The maximum absolute atomic E-state index is 13.0. The smallest absolute Gasteiger partial charge is 0.279 e. The molecule has 0 amide bonds. The van der Waals surface area contributed by atoms with Crippen LogP contribution in [0.2, 0.25) is 0 Å². The zero-order chi connectivity index (χ0) is 16.4. The minimum absolute atomic E-state index is 0.0478. The number of morpholine rings is 1. The number of hydrogen-bond acceptors (Lipinski definition) is 6. The SMILES string of the molecule is N#Cc1nc(-c2ccc(F)cc2)oc1S(=O)(=O)N1CCOCC1. The lowest BCUT2D eigenvalue weighted by molar-refractivity contribution is 0.0724. The molecule has 0 spiro atoms. The van der Waals surface area contributed by atoms with E-state index in [9.17, 15) is 12.8 Å². The van der Waals surface area contributed by atoms with Crippen LogP contribution in [0.25, 0.3) is 11.5 Å². The molecule has 0 N–H and O–H groups in total. The summed E-state index contributed by atoms with van der Waals surface area (Å²) in [5.74, 6) is -0.490. The van der Waals surface area contributed by atoms with Gasteiger partial charge in [0, 0.05) is 18.7 Å². The van der Waals surface area contributed by atoms with Crippen LogP contribution in [-0.4, -0.2) is 44.0 Å². The second kappa shape index (κ2) is 6.08. The van der Waals surface area contributed by atoms with Gasteiger partial charge in [-0.05, 0) is 24.3 Å². The lowest BCUT2D eigenvalue weighted by Crippen LogP contribution is -2.40. The van der Waals surface area contributed by atoms with Crippen molar-refractivity contribution in [2.75, 3.05) is 26.3 Å². The quantitative estimate of drug-likeness (QED) is 0.839. The van der Waals surface area contributed by atoms with Crippen LogP contribution in [-0.2, 0) is 14.8 Å². The molecule has 9 heteroatoms. The zero-order valence-corrected chi connectivity index (χ0v) is 12.7. The van der Waals surface area contributed by atoms with E-state index in [1.165, 1.54) is 28.6 Å². The van der Waals surface area contributed by atoms with Crippen LogP contribution in [0.1, 0.15) is 5.69 Å². The number of ether oxygens (including phenoxy) is 1. The summed E-state index contributed by atoms with van der Waals surface area (Å²) in [4.78, 5) is 3.90. The van der Waals surface area contributed by atoms with Crippen LogP contribution in [0, 0.1) is 17.1 Å². The van der Waals surface area contributed by atoms with Gasteiger partial charge in [0.25, 0.3) is 15.1 Å². The van der Waals surface area contributed by atoms with E-state index in [0.29, 0.717) is 5.56 Å². The molecule has 120 valence electrons. The highest BCUT2D eigenvalue weighted by Gasteiger charge is 2.33. The van der Waals surface area contributed by atoms with Gasteiger partial charge in [0.2, 0.25) is 5.89 Å². The Morgan fingerprint density at radius 3 is 2.48 bits per heavy atom. The van der Waals surface area contributed by atoms with Crippen LogP contribution >= 0.6 is 0 Å². The molecule has 0 saturated carbocycles. The van der Waals surface area contributed by atoms with Crippen molar-refractivity contribution in [3.8, 4) is 17.5 Å².